The van der Waals surface area contributed by atoms with Gasteiger partial charge in [0.05, 0.1) is 5.69 Å². The molecule has 0 saturated carbocycles. The normalized spacial score (nSPS) is 11.8. The number of benzene rings is 8. The summed E-state index contributed by atoms with van der Waals surface area (Å²) < 4.78 is 19.4. The van der Waals surface area contributed by atoms with Crippen LogP contribution < -0.4 is 4.90 Å². The summed E-state index contributed by atoms with van der Waals surface area (Å²) >= 11 is 0. The van der Waals surface area contributed by atoms with Crippen LogP contribution in [0, 0.1) is 0 Å². The second kappa shape index (κ2) is 11.2. The van der Waals surface area contributed by atoms with Gasteiger partial charge in [-0.3, -0.25) is 0 Å². The topological polar surface area (TPSA) is 42.7 Å². The van der Waals surface area contributed by atoms with Crippen LogP contribution >= 0.6 is 0 Å². The molecular weight excluding hydrogens is 639 g/mol. The van der Waals surface area contributed by atoms with Gasteiger partial charge in [-0.05, 0) is 89.5 Å². The average molecular weight is 668 g/mol. The smallest absolute Gasteiger partial charge is 0.159 e. The zero-order valence-electron chi connectivity index (χ0n) is 27.9. The Morgan fingerprint density at radius 1 is 0.308 bits per heavy atom. The van der Waals surface area contributed by atoms with Crippen molar-refractivity contribution in [3.05, 3.63) is 176 Å². The van der Waals surface area contributed by atoms with Crippen LogP contribution in [-0.4, -0.2) is 0 Å². The van der Waals surface area contributed by atoms with Crippen molar-refractivity contribution in [2.45, 2.75) is 0 Å². The predicted molar refractivity (Wildman–Crippen MR) is 214 cm³/mol. The molecule has 0 radical (unpaired) electrons. The van der Waals surface area contributed by atoms with E-state index in [4.69, 9.17) is 13.3 Å². The van der Waals surface area contributed by atoms with Crippen LogP contribution in [-0.2, 0) is 0 Å². The third-order valence-electron chi connectivity index (χ3n) is 10.3. The fourth-order valence-electron chi connectivity index (χ4n) is 7.82. The monoisotopic (exact) mass is 667 g/mol. The van der Waals surface area contributed by atoms with E-state index < -0.39 is 0 Å². The van der Waals surface area contributed by atoms with Gasteiger partial charge in [0.1, 0.15) is 27.9 Å². The number of anilines is 3. The van der Waals surface area contributed by atoms with Gasteiger partial charge in [-0.2, -0.15) is 0 Å². The molecule has 11 rings (SSSR count). The zero-order chi connectivity index (χ0) is 34.2. The van der Waals surface area contributed by atoms with Crippen molar-refractivity contribution in [2.24, 2.45) is 0 Å². The van der Waals surface area contributed by atoms with E-state index in [0.717, 1.165) is 105 Å². The molecule has 0 aliphatic heterocycles. The Hall–Kier alpha value is -7.04. The van der Waals surface area contributed by atoms with Gasteiger partial charge >= 0.3 is 0 Å². The molecule has 0 N–H and O–H groups in total. The van der Waals surface area contributed by atoms with Crippen LogP contribution in [0.5, 0.6) is 0 Å². The van der Waals surface area contributed by atoms with Gasteiger partial charge in [0, 0.05) is 49.3 Å². The highest BCUT2D eigenvalue weighted by Crippen LogP contribution is 2.44. The van der Waals surface area contributed by atoms with Crippen molar-refractivity contribution in [3.63, 3.8) is 0 Å². The number of furan rings is 3. The molecule has 4 nitrogen and oxygen atoms in total. The fourth-order valence-corrected chi connectivity index (χ4v) is 7.82. The lowest BCUT2D eigenvalue weighted by Crippen LogP contribution is -2.09. The molecule has 4 heteroatoms. The van der Waals surface area contributed by atoms with Crippen LogP contribution in [0.3, 0.4) is 0 Å². The van der Waals surface area contributed by atoms with E-state index in [1.54, 1.807) is 0 Å². The highest BCUT2D eigenvalue weighted by molar-refractivity contribution is 6.14. The predicted octanol–water partition coefficient (Wildman–Crippen LogP) is 14.2. The van der Waals surface area contributed by atoms with Crippen molar-refractivity contribution in [2.75, 3.05) is 4.90 Å². The molecule has 3 aromatic heterocycles. The number of hydrogen-bond donors (Lipinski definition) is 0. The zero-order valence-corrected chi connectivity index (χ0v) is 27.9. The first-order chi connectivity index (χ1) is 25.8. The van der Waals surface area contributed by atoms with E-state index in [1.807, 2.05) is 24.3 Å². The standard InChI is InChI=1S/C48H29NO3/c1-3-11-33(12-4-1)49(34-13-5-2-6-14-34)42-19-10-18-38-41-29-32(23-26-46(41)52-48(38)42)35-16-9-17-37-40-28-31(22-25-45(40)51-47(35)37)30-21-24-44-39(27-30)36-15-7-8-20-43(36)50-44/h1-29H. The number of hydrogen-bond acceptors (Lipinski definition) is 4. The first-order valence-electron chi connectivity index (χ1n) is 17.5. The van der Waals surface area contributed by atoms with Gasteiger partial charge in [0.25, 0.3) is 0 Å². The lowest BCUT2D eigenvalue weighted by atomic mass is 9.98. The summed E-state index contributed by atoms with van der Waals surface area (Å²) in [5, 5.41) is 6.55. The minimum absolute atomic E-state index is 0.844. The number of nitrogens with zero attached hydrogens (tertiary/aromatic N) is 1. The van der Waals surface area contributed by atoms with E-state index in [0.29, 0.717) is 0 Å². The van der Waals surface area contributed by atoms with Crippen LogP contribution in [0.25, 0.3) is 88.1 Å². The van der Waals surface area contributed by atoms with E-state index >= 15 is 0 Å². The number of para-hydroxylation sites is 5. The summed E-state index contributed by atoms with van der Waals surface area (Å²) in [5.41, 5.74) is 12.7. The molecule has 0 aliphatic rings. The van der Waals surface area contributed by atoms with Gasteiger partial charge in [-0.1, -0.05) is 103 Å². The van der Waals surface area contributed by atoms with Crippen LogP contribution in [0.2, 0.25) is 0 Å². The molecule has 3 heterocycles. The Labute approximate surface area is 298 Å². The molecule has 0 saturated heterocycles. The van der Waals surface area contributed by atoms with Gasteiger partial charge in [-0.15, -0.1) is 0 Å². The molecule has 8 aromatic carbocycles. The van der Waals surface area contributed by atoms with E-state index in [2.05, 4.69) is 157 Å². The second-order valence-electron chi connectivity index (χ2n) is 13.3. The lowest BCUT2D eigenvalue weighted by Gasteiger charge is -2.25. The summed E-state index contributed by atoms with van der Waals surface area (Å²) in [4.78, 5) is 2.25. The van der Waals surface area contributed by atoms with Crippen molar-refractivity contribution in [1.29, 1.82) is 0 Å². The van der Waals surface area contributed by atoms with Crippen molar-refractivity contribution >= 4 is 82.9 Å². The molecule has 0 unspecified atom stereocenters. The number of fused-ring (bicyclic) bond motifs is 9. The fraction of sp³-hybridized carbons (Fsp3) is 0. The summed E-state index contributed by atoms with van der Waals surface area (Å²) in [5.74, 6) is 0. The molecule has 0 bridgehead atoms. The molecule has 0 fully saturated rings. The van der Waals surface area contributed by atoms with E-state index in [1.165, 1.54) is 0 Å². The Kier molecular flexibility index (Phi) is 6.22. The average Bonchev–Trinajstić information content (AvgIpc) is 3.90. The Balaban J connectivity index is 1.03. The maximum absolute atomic E-state index is 6.66. The van der Waals surface area contributed by atoms with Crippen LogP contribution in [0.4, 0.5) is 17.1 Å². The first-order valence-corrected chi connectivity index (χ1v) is 17.5. The quantitative estimate of drug-likeness (QED) is 0.183. The highest BCUT2D eigenvalue weighted by Gasteiger charge is 2.20. The molecule has 52 heavy (non-hydrogen) atoms. The lowest BCUT2D eigenvalue weighted by molar-refractivity contribution is 0.668. The molecule has 0 aliphatic carbocycles. The molecule has 244 valence electrons. The molecular formula is C48H29NO3. The van der Waals surface area contributed by atoms with Gasteiger partial charge in [-0.25, -0.2) is 0 Å². The van der Waals surface area contributed by atoms with Crippen LogP contribution in [0.1, 0.15) is 0 Å². The van der Waals surface area contributed by atoms with Crippen LogP contribution in [0.15, 0.2) is 189 Å². The third kappa shape index (κ3) is 4.41. The first kappa shape index (κ1) is 28.8. The highest BCUT2D eigenvalue weighted by atomic mass is 16.3. The second-order valence-corrected chi connectivity index (χ2v) is 13.3. The third-order valence-corrected chi connectivity index (χ3v) is 10.3. The Morgan fingerprint density at radius 3 is 1.48 bits per heavy atom. The van der Waals surface area contributed by atoms with Crippen molar-refractivity contribution in [3.8, 4) is 22.3 Å². The minimum Gasteiger partial charge on any atom is -0.456 e. The molecule has 0 atom stereocenters. The summed E-state index contributed by atoms with van der Waals surface area (Å²) in [6.07, 6.45) is 0. The van der Waals surface area contributed by atoms with Crippen molar-refractivity contribution < 1.29 is 13.3 Å². The molecule has 0 amide bonds. The number of rotatable bonds is 5. The maximum Gasteiger partial charge on any atom is 0.159 e. The maximum atomic E-state index is 6.66. The van der Waals surface area contributed by atoms with Crippen molar-refractivity contribution in [1.82, 2.24) is 0 Å². The summed E-state index contributed by atoms with van der Waals surface area (Å²) in [6, 6.07) is 61.2. The summed E-state index contributed by atoms with van der Waals surface area (Å²) in [6.45, 7) is 0. The van der Waals surface area contributed by atoms with Gasteiger partial charge < -0.3 is 18.2 Å². The van der Waals surface area contributed by atoms with Gasteiger partial charge in [0.2, 0.25) is 0 Å². The minimum atomic E-state index is 0.844. The molecule has 0 spiro atoms. The largest absolute Gasteiger partial charge is 0.456 e. The van der Waals surface area contributed by atoms with Gasteiger partial charge in [0.15, 0.2) is 5.58 Å². The Bertz CT molecular complexity index is 3090. The Morgan fingerprint density at radius 2 is 0.788 bits per heavy atom. The SMILES string of the molecule is c1ccc(N(c2ccccc2)c2cccc3c2oc2ccc(-c4cccc5c4oc4ccc(-c6ccc7oc8ccccc8c7c6)cc45)cc23)cc1. The van der Waals surface area contributed by atoms with E-state index in [-0.39, 0.29) is 0 Å². The molecule has 11 aromatic rings. The van der Waals surface area contributed by atoms with E-state index in [9.17, 15) is 0 Å². The summed E-state index contributed by atoms with van der Waals surface area (Å²) in [7, 11) is 0.